The molecular formula is C21H18N2O5S. The molecule has 0 unspecified atom stereocenters. The van der Waals surface area contributed by atoms with Crippen LogP contribution in [0.5, 0.6) is 11.5 Å². The Morgan fingerprint density at radius 2 is 1.86 bits per heavy atom. The zero-order valence-corrected chi connectivity index (χ0v) is 16.5. The van der Waals surface area contributed by atoms with E-state index < -0.39 is 18.5 Å². The van der Waals surface area contributed by atoms with Crippen molar-refractivity contribution in [3.63, 3.8) is 0 Å². The third-order valence-corrected chi connectivity index (χ3v) is 5.08. The van der Waals surface area contributed by atoms with E-state index in [1.807, 2.05) is 37.3 Å². The van der Waals surface area contributed by atoms with Crippen LogP contribution in [0.1, 0.15) is 14.7 Å². The van der Waals surface area contributed by atoms with Crippen molar-refractivity contribution in [2.45, 2.75) is 6.92 Å². The van der Waals surface area contributed by atoms with E-state index in [2.05, 4.69) is 10.3 Å². The second-order valence-electron chi connectivity index (χ2n) is 6.26. The van der Waals surface area contributed by atoms with Crippen molar-refractivity contribution in [3.8, 4) is 22.8 Å². The van der Waals surface area contributed by atoms with Gasteiger partial charge in [-0.3, -0.25) is 4.79 Å². The number of nitrogens with one attached hydrogen (secondary N) is 1. The summed E-state index contributed by atoms with van der Waals surface area (Å²) < 4.78 is 16.2. The van der Waals surface area contributed by atoms with Crippen LogP contribution < -0.4 is 14.8 Å². The predicted octanol–water partition coefficient (Wildman–Crippen LogP) is 3.69. The summed E-state index contributed by atoms with van der Waals surface area (Å²) >= 11 is 1.24. The summed E-state index contributed by atoms with van der Waals surface area (Å²) in [7, 11) is 0. The molecule has 0 spiro atoms. The minimum Gasteiger partial charge on any atom is -0.486 e. The molecular weight excluding hydrogens is 392 g/mol. The molecule has 148 valence electrons. The van der Waals surface area contributed by atoms with Crippen molar-refractivity contribution in [2.24, 2.45) is 0 Å². The van der Waals surface area contributed by atoms with Crippen molar-refractivity contribution < 1.29 is 23.8 Å². The molecule has 1 N–H and O–H groups in total. The lowest BCUT2D eigenvalue weighted by molar-refractivity contribution is -0.119. The fraction of sp³-hybridized carbons (Fsp3) is 0.190. The van der Waals surface area contributed by atoms with Crippen LogP contribution in [0.4, 0.5) is 5.69 Å². The quantitative estimate of drug-likeness (QED) is 0.646. The number of fused-ring (bicyclic) bond motifs is 1. The third-order valence-electron chi connectivity index (χ3n) is 4.13. The number of carbonyl (C=O) groups excluding carboxylic acids is 2. The lowest BCUT2D eigenvalue weighted by Gasteiger charge is -2.19. The highest BCUT2D eigenvalue weighted by atomic mass is 32.1. The van der Waals surface area contributed by atoms with E-state index in [0.29, 0.717) is 41.0 Å². The molecule has 0 aliphatic carbocycles. The second-order valence-corrected chi connectivity index (χ2v) is 7.46. The Morgan fingerprint density at radius 1 is 1.10 bits per heavy atom. The van der Waals surface area contributed by atoms with Gasteiger partial charge in [0, 0.05) is 17.3 Å². The van der Waals surface area contributed by atoms with Crippen LogP contribution in [-0.4, -0.2) is 36.7 Å². The number of nitrogens with zero attached hydrogens (tertiary/aromatic N) is 1. The molecule has 1 aromatic heterocycles. The van der Waals surface area contributed by atoms with Gasteiger partial charge in [-0.15, -0.1) is 11.3 Å². The second kappa shape index (κ2) is 8.32. The van der Waals surface area contributed by atoms with E-state index in [-0.39, 0.29) is 0 Å². The van der Waals surface area contributed by atoms with Crippen molar-refractivity contribution >= 4 is 28.9 Å². The van der Waals surface area contributed by atoms with E-state index in [1.165, 1.54) is 11.3 Å². The molecule has 7 nitrogen and oxygen atoms in total. The number of rotatable bonds is 5. The van der Waals surface area contributed by atoms with Crippen molar-refractivity contribution in [1.82, 2.24) is 4.98 Å². The van der Waals surface area contributed by atoms with Crippen LogP contribution in [-0.2, 0) is 9.53 Å². The van der Waals surface area contributed by atoms with Crippen LogP contribution in [0.25, 0.3) is 11.3 Å². The molecule has 2 heterocycles. The van der Waals surface area contributed by atoms with Crippen molar-refractivity contribution in [3.05, 3.63) is 58.4 Å². The molecule has 1 amide bonds. The van der Waals surface area contributed by atoms with Crippen molar-refractivity contribution in [1.29, 1.82) is 0 Å². The first-order chi connectivity index (χ1) is 14.1. The summed E-state index contributed by atoms with van der Waals surface area (Å²) in [6.45, 7) is 2.37. The Bertz CT molecular complexity index is 1050. The maximum Gasteiger partial charge on any atom is 0.351 e. The average Bonchev–Trinajstić information content (AvgIpc) is 3.14. The van der Waals surface area contributed by atoms with Gasteiger partial charge in [-0.25, -0.2) is 9.78 Å². The van der Waals surface area contributed by atoms with Crippen LogP contribution in [0.2, 0.25) is 0 Å². The first kappa shape index (κ1) is 18.9. The fourth-order valence-corrected chi connectivity index (χ4v) is 3.71. The lowest BCUT2D eigenvalue weighted by atomic mass is 10.1. The van der Waals surface area contributed by atoms with Gasteiger partial charge in [0.1, 0.15) is 18.1 Å². The summed E-state index contributed by atoms with van der Waals surface area (Å²) in [6.07, 6.45) is 0. The van der Waals surface area contributed by atoms with Gasteiger partial charge in [0.05, 0.1) is 10.7 Å². The number of anilines is 1. The number of carbonyl (C=O) groups is 2. The molecule has 4 rings (SSSR count). The number of esters is 1. The fourth-order valence-electron chi connectivity index (χ4n) is 2.87. The molecule has 0 saturated heterocycles. The number of aromatic nitrogens is 1. The minimum atomic E-state index is -0.577. The van der Waals surface area contributed by atoms with Gasteiger partial charge < -0.3 is 19.5 Å². The molecule has 0 atom stereocenters. The van der Waals surface area contributed by atoms with Crippen LogP contribution >= 0.6 is 11.3 Å². The molecule has 2 aromatic carbocycles. The maximum absolute atomic E-state index is 12.5. The number of hydrogen-bond acceptors (Lipinski definition) is 7. The van der Waals surface area contributed by atoms with Gasteiger partial charge in [0.2, 0.25) is 0 Å². The molecule has 0 radical (unpaired) electrons. The maximum atomic E-state index is 12.5. The molecule has 1 aliphatic rings. The topological polar surface area (TPSA) is 86.8 Å². The monoisotopic (exact) mass is 410 g/mol. The standard InChI is InChI=1S/C21H18N2O5S/c1-13-22-19(14-5-3-2-4-6-14)20(29-13)21(25)28-12-18(24)23-15-7-8-16-17(11-15)27-10-9-26-16/h2-8,11H,9-10,12H2,1H3,(H,23,24). The molecule has 29 heavy (non-hydrogen) atoms. The SMILES string of the molecule is Cc1nc(-c2ccccc2)c(C(=O)OCC(=O)Nc2ccc3c(c2)OCCO3)s1. The zero-order valence-electron chi connectivity index (χ0n) is 15.6. The summed E-state index contributed by atoms with van der Waals surface area (Å²) in [5.41, 5.74) is 1.92. The summed E-state index contributed by atoms with van der Waals surface area (Å²) in [5, 5.41) is 3.43. The van der Waals surface area contributed by atoms with E-state index in [1.54, 1.807) is 18.2 Å². The number of hydrogen-bond donors (Lipinski definition) is 1. The third kappa shape index (κ3) is 4.38. The highest BCUT2D eigenvalue weighted by Gasteiger charge is 2.20. The Hall–Kier alpha value is -3.39. The van der Waals surface area contributed by atoms with Gasteiger partial charge >= 0.3 is 5.97 Å². The average molecular weight is 410 g/mol. The predicted molar refractivity (Wildman–Crippen MR) is 109 cm³/mol. The Labute approximate surface area is 171 Å². The molecule has 3 aromatic rings. The van der Waals surface area contributed by atoms with Gasteiger partial charge in [0.25, 0.3) is 5.91 Å². The highest BCUT2D eigenvalue weighted by Crippen LogP contribution is 2.32. The molecule has 0 fully saturated rings. The van der Waals surface area contributed by atoms with E-state index >= 15 is 0 Å². The lowest BCUT2D eigenvalue weighted by Crippen LogP contribution is -2.21. The number of benzene rings is 2. The largest absolute Gasteiger partial charge is 0.486 e. The summed E-state index contributed by atoms with van der Waals surface area (Å²) in [4.78, 5) is 29.5. The number of aryl methyl sites for hydroxylation is 1. The van der Waals surface area contributed by atoms with Gasteiger partial charge in [-0.2, -0.15) is 0 Å². The molecule has 8 heteroatoms. The minimum absolute atomic E-state index is 0.376. The normalized spacial score (nSPS) is 12.3. The Morgan fingerprint density at radius 3 is 2.66 bits per heavy atom. The zero-order chi connectivity index (χ0) is 20.2. The molecule has 0 bridgehead atoms. The first-order valence-corrected chi connectivity index (χ1v) is 9.81. The number of thiazole rings is 1. The van der Waals surface area contributed by atoms with Crippen LogP contribution in [0, 0.1) is 6.92 Å². The Balaban J connectivity index is 1.39. The van der Waals surface area contributed by atoms with E-state index in [4.69, 9.17) is 14.2 Å². The highest BCUT2D eigenvalue weighted by molar-refractivity contribution is 7.14. The first-order valence-electron chi connectivity index (χ1n) is 8.99. The smallest absolute Gasteiger partial charge is 0.351 e. The number of ether oxygens (including phenoxy) is 3. The number of amides is 1. The molecule has 0 saturated carbocycles. The van der Waals surface area contributed by atoms with Crippen molar-refractivity contribution in [2.75, 3.05) is 25.1 Å². The Kier molecular flexibility index (Phi) is 5.44. The van der Waals surface area contributed by atoms with Crippen LogP contribution in [0.15, 0.2) is 48.5 Å². The van der Waals surface area contributed by atoms with Gasteiger partial charge in [-0.1, -0.05) is 30.3 Å². The van der Waals surface area contributed by atoms with E-state index in [0.717, 1.165) is 10.6 Å². The van der Waals surface area contributed by atoms with Gasteiger partial charge in [-0.05, 0) is 19.1 Å². The van der Waals surface area contributed by atoms with Crippen LogP contribution in [0.3, 0.4) is 0 Å². The summed E-state index contributed by atoms with van der Waals surface area (Å²) in [6, 6.07) is 14.5. The van der Waals surface area contributed by atoms with E-state index in [9.17, 15) is 9.59 Å². The molecule has 1 aliphatic heterocycles. The van der Waals surface area contributed by atoms with Gasteiger partial charge in [0.15, 0.2) is 18.1 Å². The summed E-state index contributed by atoms with van der Waals surface area (Å²) in [5.74, 6) is 0.178.